The van der Waals surface area contributed by atoms with Crippen LogP contribution in [0.3, 0.4) is 0 Å². The highest BCUT2D eigenvalue weighted by Crippen LogP contribution is 2.20. The Labute approximate surface area is 155 Å². The molecule has 0 aliphatic carbocycles. The SMILES string of the molecule is CNCc1cc(C=NNc2ccc(C3=CNCO3)cc2)ccc1I. The van der Waals surface area contributed by atoms with Crippen molar-refractivity contribution in [2.24, 2.45) is 5.10 Å². The molecule has 0 unspecified atom stereocenters. The van der Waals surface area contributed by atoms with Crippen molar-refractivity contribution in [2.75, 3.05) is 19.2 Å². The summed E-state index contributed by atoms with van der Waals surface area (Å²) in [4.78, 5) is 0. The van der Waals surface area contributed by atoms with Crippen molar-refractivity contribution < 1.29 is 4.74 Å². The Kier molecular flexibility index (Phi) is 5.71. The van der Waals surface area contributed by atoms with Gasteiger partial charge >= 0.3 is 0 Å². The van der Waals surface area contributed by atoms with Crippen molar-refractivity contribution in [1.29, 1.82) is 0 Å². The molecule has 5 nitrogen and oxygen atoms in total. The molecule has 1 heterocycles. The molecule has 0 saturated heterocycles. The minimum Gasteiger partial charge on any atom is -0.471 e. The molecule has 1 aliphatic rings. The number of benzene rings is 2. The van der Waals surface area contributed by atoms with E-state index in [4.69, 9.17) is 4.74 Å². The van der Waals surface area contributed by atoms with Crippen LogP contribution in [0.4, 0.5) is 5.69 Å². The van der Waals surface area contributed by atoms with Gasteiger partial charge < -0.3 is 15.4 Å². The number of halogens is 1. The third-order valence-corrected chi connectivity index (χ3v) is 4.61. The number of nitrogens with zero attached hydrogens (tertiary/aromatic N) is 1. The third kappa shape index (κ3) is 4.27. The maximum Gasteiger partial charge on any atom is 0.158 e. The summed E-state index contributed by atoms with van der Waals surface area (Å²) < 4.78 is 6.70. The number of ether oxygens (including phenoxy) is 1. The van der Waals surface area contributed by atoms with E-state index in [2.05, 4.69) is 62.0 Å². The topological polar surface area (TPSA) is 57.7 Å². The fourth-order valence-corrected chi connectivity index (χ4v) is 2.88. The highest BCUT2D eigenvalue weighted by atomic mass is 127. The van der Waals surface area contributed by atoms with Crippen molar-refractivity contribution in [3.8, 4) is 0 Å². The zero-order valence-corrected chi connectivity index (χ0v) is 15.5. The molecule has 0 atom stereocenters. The lowest BCUT2D eigenvalue weighted by molar-refractivity contribution is 0.291. The van der Waals surface area contributed by atoms with Gasteiger partial charge in [0.1, 0.15) is 5.76 Å². The van der Waals surface area contributed by atoms with Crippen LogP contribution in [0.5, 0.6) is 0 Å². The Morgan fingerprint density at radius 1 is 1.25 bits per heavy atom. The van der Waals surface area contributed by atoms with Crippen molar-refractivity contribution in [2.45, 2.75) is 6.54 Å². The molecular weight excluding hydrogens is 415 g/mol. The van der Waals surface area contributed by atoms with E-state index in [1.807, 2.05) is 43.7 Å². The molecule has 0 aromatic heterocycles. The monoisotopic (exact) mass is 434 g/mol. The summed E-state index contributed by atoms with van der Waals surface area (Å²) in [5, 5.41) is 10.5. The zero-order valence-electron chi connectivity index (χ0n) is 13.3. The standard InChI is InChI=1S/C18H19IN4O/c1-20-10-15-8-13(2-7-17(15)19)9-22-23-16-5-3-14(4-6-16)18-11-21-12-24-18/h2-9,11,20-21,23H,10,12H2,1H3. The number of hydrogen-bond donors (Lipinski definition) is 3. The van der Waals surface area contributed by atoms with Crippen LogP contribution in [0.25, 0.3) is 5.76 Å². The molecule has 0 spiro atoms. The van der Waals surface area contributed by atoms with Gasteiger partial charge in [0.15, 0.2) is 6.73 Å². The smallest absolute Gasteiger partial charge is 0.158 e. The summed E-state index contributed by atoms with van der Waals surface area (Å²) in [6, 6.07) is 14.3. The van der Waals surface area contributed by atoms with Gasteiger partial charge in [-0.1, -0.05) is 6.07 Å². The second-order valence-electron chi connectivity index (χ2n) is 5.33. The Morgan fingerprint density at radius 3 is 2.79 bits per heavy atom. The average Bonchev–Trinajstić information content (AvgIpc) is 3.13. The van der Waals surface area contributed by atoms with Crippen molar-refractivity contribution >= 4 is 40.3 Å². The molecule has 6 heteroatoms. The van der Waals surface area contributed by atoms with Crippen LogP contribution >= 0.6 is 22.6 Å². The van der Waals surface area contributed by atoms with Crippen LogP contribution in [0.2, 0.25) is 0 Å². The second-order valence-corrected chi connectivity index (χ2v) is 6.49. The molecule has 0 amide bonds. The van der Waals surface area contributed by atoms with Crippen LogP contribution < -0.4 is 16.1 Å². The van der Waals surface area contributed by atoms with Gasteiger partial charge in [0.05, 0.1) is 11.9 Å². The van der Waals surface area contributed by atoms with Crippen LogP contribution in [0, 0.1) is 3.57 Å². The normalized spacial score (nSPS) is 13.5. The fourth-order valence-electron chi connectivity index (χ4n) is 2.35. The van der Waals surface area contributed by atoms with E-state index in [-0.39, 0.29) is 0 Å². The summed E-state index contributed by atoms with van der Waals surface area (Å²) in [6.45, 7) is 1.38. The summed E-state index contributed by atoms with van der Waals surface area (Å²) in [5.41, 5.74) is 7.37. The van der Waals surface area contributed by atoms with Crippen LogP contribution in [-0.4, -0.2) is 20.0 Å². The van der Waals surface area contributed by atoms with Gasteiger partial charge in [-0.3, -0.25) is 5.43 Å². The molecule has 3 rings (SSSR count). The van der Waals surface area contributed by atoms with E-state index in [1.54, 1.807) is 0 Å². The van der Waals surface area contributed by atoms with Gasteiger partial charge in [-0.25, -0.2) is 0 Å². The van der Waals surface area contributed by atoms with Crippen molar-refractivity contribution in [3.05, 3.63) is 68.9 Å². The Bertz CT molecular complexity index is 756. The van der Waals surface area contributed by atoms with Crippen LogP contribution in [0.15, 0.2) is 53.8 Å². The molecule has 0 bridgehead atoms. The first kappa shape index (κ1) is 16.8. The summed E-state index contributed by atoms with van der Waals surface area (Å²) >= 11 is 2.35. The molecule has 0 fully saturated rings. The quantitative estimate of drug-likeness (QED) is 0.371. The van der Waals surface area contributed by atoms with Crippen molar-refractivity contribution in [3.63, 3.8) is 0 Å². The zero-order chi connectivity index (χ0) is 16.8. The van der Waals surface area contributed by atoms with Gasteiger partial charge in [0.2, 0.25) is 0 Å². The lowest BCUT2D eigenvalue weighted by Gasteiger charge is -2.06. The van der Waals surface area contributed by atoms with E-state index in [0.29, 0.717) is 6.73 Å². The molecule has 2 aromatic carbocycles. The molecule has 124 valence electrons. The number of rotatable bonds is 6. The minimum atomic E-state index is 0.533. The van der Waals surface area contributed by atoms with Gasteiger partial charge in [0.25, 0.3) is 0 Å². The van der Waals surface area contributed by atoms with E-state index >= 15 is 0 Å². The predicted octanol–water partition coefficient (Wildman–Crippen LogP) is 3.33. The Morgan fingerprint density at radius 2 is 2.08 bits per heavy atom. The fraction of sp³-hybridized carbons (Fsp3) is 0.167. The largest absolute Gasteiger partial charge is 0.471 e. The molecule has 24 heavy (non-hydrogen) atoms. The first-order valence-corrected chi connectivity index (χ1v) is 8.73. The average molecular weight is 434 g/mol. The highest BCUT2D eigenvalue weighted by molar-refractivity contribution is 14.1. The van der Waals surface area contributed by atoms with E-state index in [0.717, 1.165) is 29.1 Å². The van der Waals surface area contributed by atoms with E-state index in [1.165, 1.54) is 9.13 Å². The molecule has 3 N–H and O–H groups in total. The maximum absolute atomic E-state index is 5.45. The maximum atomic E-state index is 5.45. The Balaban J connectivity index is 1.62. The molecule has 0 saturated carbocycles. The van der Waals surface area contributed by atoms with Gasteiger partial charge in [-0.15, -0.1) is 0 Å². The molecule has 1 aliphatic heterocycles. The molecular formula is C18H19IN4O. The lowest BCUT2D eigenvalue weighted by atomic mass is 10.1. The van der Waals surface area contributed by atoms with E-state index in [9.17, 15) is 0 Å². The summed E-state index contributed by atoms with van der Waals surface area (Å²) in [5.74, 6) is 0.862. The second kappa shape index (κ2) is 8.16. The molecule has 0 radical (unpaired) electrons. The van der Waals surface area contributed by atoms with Crippen LogP contribution in [-0.2, 0) is 11.3 Å². The first-order valence-electron chi connectivity index (χ1n) is 7.65. The number of anilines is 1. The van der Waals surface area contributed by atoms with Gasteiger partial charge in [-0.2, -0.15) is 5.10 Å². The highest BCUT2D eigenvalue weighted by Gasteiger charge is 2.07. The summed E-state index contributed by atoms with van der Waals surface area (Å²) in [7, 11) is 1.95. The lowest BCUT2D eigenvalue weighted by Crippen LogP contribution is -2.07. The number of nitrogens with one attached hydrogen (secondary N) is 3. The number of hydrazone groups is 1. The minimum absolute atomic E-state index is 0.533. The number of hydrogen-bond acceptors (Lipinski definition) is 5. The van der Waals surface area contributed by atoms with E-state index < -0.39 is 0 Å². The first-order chi connectivity index (χ1) is 11.8. The Hall–Kier alpha value is -2.06. The van der Waals surface area contributed by atoms with Crippen molar-refractivity contribution in [1.82, 2.24) is 10.6 Å². The van der Waals surface area contributed by atoms with Gasteiger partial charge in [-0.05, 0) is 77.2 Å². The third-order valence-electron chi connectivity index (χ3n) is 3.56. The molecule has 2 aromatic rings. The predicted molar refractivity (Wildman–Crippen MR) is 107 cm³/mol. The summed E-state index contributed by atoms with van der Waals surface area (Å²) in [6.07, 6.45) is 3.70. The van der Waals surface area contributed by atoms with Gasteiger partial charge in [0, 0.05) is 21.9 Å². The van der Waals surface area contributed by atoms with Crippen LogP contribution in [0.1, 0.15) is 16.7 Å².